The topological polar surface area (TPSA) is 132 Å². The van der Waals surface area contributed by atoms with E-state index in [1.54, 1.807) is 28.0 Å². The lowest BCUT2D eigenvalue weighted by Crippen LogP contribution is -2.35. The number of carbonyl (C=O) groups excluding carboxylic acids is 2. The molecule has 5 rings (SSSR count). The molecule has 1 atom stereocenters. The Morgan fingerprint density at radius 1 is 1.10 bits per heavy atom. The summed E-state index contributed by atoms with van der Waals surface area (Å²) in [4.78, 5) is 26.2. The number of para-hydroxylation sites is 1. The number of sulfonamides is 1. The molecule has 0 fully saturated rings. The monoisotopic (exact) mass is 558 g/mol. The Labute approximate surface area is 232 Å². The highest BCUT2D eigenvalue weighted by atomic mass is 32.2. The number of aromatic nitrogens is 1. The van der Waals surface area contributed by atoms with Crippen molar-refractivity contribution in [3.05, 3.63) is 101 Å². The molecular weight excluding hydrogens is 528 g/mol. The van der Waals surface area contributed by atoms with Crippen molar-refractivity contribution in [1.82, 2.24) is 14.8 Å². The first-order valence-electron chi connectivity index (χ1n) is 13.0. The average molecular weight is 559 g/mol. The van der Waals surface area contributed by atoms with Crippen LogP contribution in [-0.4, -0.2) is 41.3 Å². The van der Waals surface area contributed by atoms with Gasteiger partial charge in [-0.3, -0.25) is 14.8 Å². The van der Waals surface area contributed by atoms with Crippen LogP contribution in [0.2, 0.25) is 0 Å². The number of aryl methyl sites for hydroxylation is 1. The minimum Gasteiger partial charge on any atom is -0.361 e. The van der Waals surface area contributed by atoms with Gasteiger partial charge in [0, 0.05) is 42.3 Å². The van der Waals surface area contributed by atoms with Gasteiger partial charge in [-0.25, -0.2) is 13.9 Å². The Morgan fingerprint density at radius 3 is 2.62 bits per heavy atom. The first-order valence-corrected chi connectivity index (χ1v) is 14.4. The van der Waals surface area contributed by atoms with E-state index in [9.17, 15) is 18.0 Å². The molecule has 0 radical (unpaired) electrons. The summed E-state index contributed by atoms with van der Waals surface area (Å²) < 4.78 is 29.8. The third-order valence-electron chi connectivity index (χ3n) is 7.16. The molecule has 10 heteroatoms. The molecule has 1 heterocycles. The number of nitrogens with one attached hydrogen (secondary N) is 3. The maximum atomic E-state index is 14.1. The van der Waals surface area contributed by atoms with Crippen LogP contribution in [0.15, 0.2) is 83.9 Å². The number of hydrogen-bond donors (Lipinski definition) is 4. The molecule has 0 spiro atoms. The van der Waals surface area contributed by atoms with Crippen molar-refractivity contribution < 1.29 is 23.2 Å². The van der Waals surface area contributed by atoms with E-state index in [-0.39, 0.29) is 23.4 Å². The number of aromatic amines is 1. The lowest BCUT2D eigenvalue weighted by Gasteiger charge is -2.29. The third-order valence-corrected chi connectivity index (χ3v) is 9.08. The molecule has 1 unspecified atom stereocenters. The Kier molecular flexibility index (Phi) is 7.83. The van der Waals surface area contributed by atoms with Crippen LogP contribution in [0.3, 0.4) is 0 Å². The predicted molar refractivity (Wildman–Crippen MR) is 153 cm³/mol. The molecular formula is C30H30N4O5S. The van der Waals surface area contributed by atoms with E-state index in [1.165, 1.54) is 25.1 Å². The lowest BCUT2D eigenvalue weighted by molar-refractivity contribution is -0.124. The summed E-state index contributed by atoms with van der Waals surface area (Å²) in [7, 11) is -3.90. The van der Waals surface area contributed by atoms with Crippen molar-refractivity contribution in [3.8, 4) is 0 Å². The first-order chi connectivity index (χ1) is 19.3. The quantitative estimate of drug-likeness (QED) is 0.136. The Bertz CT molecular complexity index is 1690. The van der Waals surface area contributed by atoms with Crippen molar-refractivity contribution in [2.24, 2.45) is 0 Å². The summed E-state index contributed by atoms with van der Waals surface area (Å²) in [5.74, 6) is -0.859. The fraction of sp³-hybridized carbons (Fsp3) is 0.200. The summed E-state index contributed by atoms with van der Waals surface area (Å²) in [6, 6.07) is 19.5. The van der Waals surface area contributed by atoms with Crippen LogP contribution in [-0.2, 0) is 32.5 Å². The summed E-state index contributed by atoms with van der Waals surface area (Å²) in [6.45, 7) is 1.68. The molecule has 4 aromatic rings. The molecule has 40 heavy (non-hydrogen) atoms. The van der Waals surface area contributed by atoms with Gasteiger partial charge in [-0.05, 0) is 77.9 Å². The fourth-order valence-corrected chi connectivity index (χ4v) is 6.92. The number of nitrogens with zero attached hydrogens (tertiary/aromatic N) is 1. The summed E-state index contributed by atoms with van der Waals surface area (Å²) >= 11 is 0. The van der Waals surface area contributed by atoms with Gasteiger partial charge in [0.25, 0.3) is 5.91 Å². The molecule has 1 aliphatic carbocycles. The largest absolute Gasteiger partial charge is 0.361 e. The number of anilines is 1. The molecule has 2 amide bonds. The number of hydroxylamine groups is 1. The zero-order valence-electron chi connectivity index (χ0n) is 21.9. The van der Waals surface area contributed by atoms with Crippen LogP contribution in [0.25, 0.3) is 17.0 Å². The molecule has 0 saturated heterocycles. The maximum Gasteiger partial charge on any atom is 0.267 e. The predicted octanol–water partition coefficient (Wildman–Crippen LogP) is 4.57. The van der Waals surface area contributed by atoms with E-state index in [4.69, 9.17) is 5.21 Å². The summed E-state index contributed by atoms with van der Waals surface area (Å²) in [5.41, 5.74) is 6.87. The second-order valence-electron chi connectivity index (χ2n) is 9.75. The van der Waals surface area contributed by atoms with Crippen molar-refractivity contribution in [1.29, 1.82) is 0 Å². The molecule has 4 N–H and O–H groups in total. The van der Waals surface area contributed by atoms with E-state index in [0.29, 0.717) is 24.9 Å². The number of carbonyl (C=O) groups is 2. The van der Waals surface area contributed by atoms with Crippen LogP contribution in [0, 0.1) is 0 Å². The molecule has 206 valence electrons. The minimum atomic E-state index is -3.90. The number of rotatable bonds is 9. The SMILES string of the molecule is CC(=O)Nc1ccc(S(=O)(=O)N(CCc2c[nH]c3ccccc23)C2CCc3cc(C=CC(=O)NO)ccc32)cc1. The van der Waals surface area contributed by atoms with Gasteiger partial charge in [-0.2, -0.15) is 4.31 Å². The van der Waals surface area contributed by atoms with Crippen molar-refractivity contribution in [3.63, 3.8) is 0 Å². The normalized spacial score (nSPS) is 15.0. The van der Waals surface area contributed by atoms with Gasteiger partial charge in [0.15, 0.2) is 0 Å². The van der Waals surface area contributed by atoms with E-state index >= 15 is 0 Å². The minimum absolute atomic E-state index is 0.156. The summed E-state index contributed by atoms with van der Waals surface area (Å²) in [5, 5.41) is 12.5. The number of H-pyrrole nitrogens is 1. The van der Waals surface area contributed by atoms with Crippen molar-refractivity contribution in [2.45, 2.75) is 37.1 Å². The first kappa shape index (κ1) is 27.3. The van der Waals surface area contributed by atoms with E-state index < -0.39 is 15.9 Å². The highest BCUT2D eigenvalue weighted by Crippen LogP contribution is 2.39. The maximum absolute atomic E-state index is 14.1. The van der Waals surface area contributed by atoms with Crippen molar-refractivity contribution >= 4 is 44.5 Å². The van der Waals surface area contributed by atoms with Crippen molar-refractivity contribution in [2.75, 3.05) is 11.9 Å². The Morgan fingerprint density at radius 2 is 1.88 bits per heavy atom. The molecule has 1 aliphatic rings. The number of benzene rings is 3. The van der Waals surface area contributed by atoms with Gasteiger partial charge < -0.3 is 10.3 Å². The highest BCUT2D eigenvalue weighted by molar-refractivity contribution is 7.89. The summed E-state index contributed by atoms with van der Waals surface area (Å²) in [6.07, 6.45) is 6.60. The molecule has 3 aromatic carbocycles. The highest BCUT2D eigenvalue weighted by Gasteiger charge is 2.36. The van der Waals surface area contributed by atoms with Gasteiger partial charge >= 0.3 is 0 Å². The van der Waals surface area contributed by atoms with Gasteiger partial charge in [-0.15, -0.1) is 0 Å². The molecule has 0 bridgehead atoms. The van der Waals surface area contributed by atoms with Gasteiger partial charge in [0.1, 0.15) is 0 Å². The van der Waals surface area contributed by atoms with Gasteiger partial charge in [-0.1, -0.05) is 36.4 Å². The zero-order valence-corrected chi connectivity index (χ0v) is 22.7. The number of hydrogen-bond acceptors (Lipinski definition) is 5. The third kappa shape index (κ3) is 5.69. The molecule has 0 saturated carbocycles. The standard InChI is InChI=1S/C30H30N4O5S/c1-20(35)32-24-9-11-25(12-10-24)40(38,39)34(17-16-23-19-31-28-5-3-2-4-26(23)28)29-14-8-22-18-21(6-13-27(22)29)7-15-30(36)33-37/h2-7,9-13,15,18-19,29,31,37H,8,14,16-17H2,1H3,(H,32,35)(H,33,36). The van der Waals surface area contributed by atoms with E-state index in [0.717, 1.165) is 33.2 Å². The number of fused-ring (bicyclic) bond motifs is 2. The van der Waals surface area contributed by atoms with Gasteiger partial charge in [0.2, 0.25) is 15.9 Å². The molecule has 0 aliphatic heterocycles. The van der Waals surface area contributed by atoms with Gasteiger partial charge in [0.05, 0.1) is 10.9 Å². The second-order valence-corrected chi connectivity index (χ2v) is 11.6. The second kappa shape index (κ2) is 11.5. The van der Waals surface area contributed by atoms with Crippen LogP contribution < -0.4 is 10.8 Å². The van der Waals surface area contributed by atoms with Crippen LogP contribution >= 0.6 is 0 Å². The molecule has 1 aromatic heterocycles. The van der Waals surface area contributed by atoms with E-state index in [1.807, 2.05) is 48.7 Å². The van der Waals surface area contributed by atoms with Crippen LogP contribution in [0.1, 0.15) is 41.6 Å². The fourth-order valence-electron chi connectivity index (χ4n) is 5.29. The average Bonchev–Trinajstić information content (AvgIpc) is 3.56. The number of amides is 2. The lowest BCUT2D eigenvalue weighted by atomic mass is 10.0. The van der Waals surface area contributed by atoms with E-state index in [2.05, 4.69) is 10.3 Å². The van der Waals surface area contributed by atoms with Crippen LogP contribution in [0.5, 0.6) is 0 Å². The molecule has 9 nitrogen and oxygen atoms in total. The van der Waals surface area contributed by atoms with Crippen LogP contribution in [0.4, 0.5) is 5.69 Å². The Hall–Kier alpha value is -4.25. The zero-order chi connectivity index (χ0) is 28.3. The smallest absolute Gasteiger partial charge is 0.267 e. The Balaban J connectivity index is 1.48.